The SMILES string of the molecule is CCCNC(c1ccc(C)nc1)C1OCCC1C. The molecule has 0 bridgehead atoms. The third kappa shape index (κ3) is 3.09. The van der Waals surface area contributed by atoms with Gasteiger partial charge in [-0.15, -0.1) is 0 Å². The molecule has 100 valence electrons. The van der Waals surface area contributed by atoms with Crippen molar-refractivity contribution in [2.24, 2.45) is 5.92 Å². The molecular weight excluding hydrogens is 224 g/mol. The average Bonchev–Trinajstić information content (AvgIpc) is 2.78. The topological polar surface area (TPSA) is 34.2 Å². The first-order valence-electron chi connectivity index (χ1n) is 7.00. The molecule has 1 aromatic heterocycles. The fourth-order valence-electron chi connectivity index (χ4n) is 2.53. The largest absolute Gasteiger partial charge is 0.376 e. The van der Waals surface area contributed by atoms with Gasteiger partial charge in [-0.05, 0) is 43.9 Å². The molecule has 1 fully saturated rings. The fourth-order valence-corrected chi connectivity index (χ4v) is 2.53. The van der Waals surface area contributed by atoms with E-state index in [2.05, 4.69) is 36.3 Å². The molecule has 0 spiro atoms. The zero-order valence-corrected chi connectivity index (χ0v) is 11.6. The molecule has 1 N–H and O–H groups in total. The van der Waals surface area contributed by atoms with Crippen molar-refractivity contribution in [3.63, 3.8) is 0 Å². The van der Waals surface area contributed by atoms with Crippen molar-refractivity contribution in [3.8, 4) is 0 Å². The van der Waals surface area contributed by atoms with E-state index in [1.807, 2.05) is 13.1 Å². The van der Waals surface area contributed by atoms with Gasteiger partial charge in [-0.25, -0.2) is 0 Å². The number of rotatable bonds is 5. The van der Waals surface area contributed by atoms with E-state index in [1.54, 1.807) is 0 Å². The molecular formula is C15H24N2O. The van der Waals surface area contributed by atoms with E-state index < -0.39 is 0 Å². The average molecular weight is 248 g/mol. The molecule has 0 aromatic carbocycles. The molecule has 3 heteroatoms. The molecule has 1 aromatic rings. The summed E-state index contributed by atoms with van der Waals surface area (Å²) < 4.78 is 5.92. The monoisotopic (exact) mass is 248 g/mol. The van der Waals surface area contributed by atoms with E-state index in [4.69, 9.17) is 4.74 Å². The molecule has 0 aliphatic carbocycles. The van der Waals surface area contributed by atoms with E-state index in [-0.39, 0.29) is 12.1 Å². The number of hydrogen-bond acceptors (Lipinski definition) is 3. The quantitative estimate of drug-likeness (QED) is 0.870. The van der Waals surface area contributed by atoms with Crippen LogP contribution in [-0.4, -0.2) is 24.2 Å². The third-order valence-electron chi connectivity index (χ3n) is 3.68. The standard InChI is InChI=1S/C15H24N2O/c1-4-8-16-14(15-11(2)7-9-18-15)13-6-5-12(3)17-10-13/h5-6,10-11,14-16H,4,7-9H2,1-3H3. The van der Waals surface area contributed by atoms with Crippen molar-refractivity contribution in [1.82, 2.24) is 10.3 Å². The molecule has 3 atom stereocenters. The second-order valence-corrected chi connectivity index (χ2v) is 5.27. The molecule has 0 amide bonds. The lowest BCUT2D eigenvalue weighted by Crippen LogP contribution is -2.35. The van der Waals surface area contributed by atoms with Gasteiger partial charge in [-0.1, -0.05) is 19.9 Å². The van der Waals surface area contributed by atoms with Crippen molar-refractivity contribution >= 4 is 0 Å². The van der Waals surface area contributed by atoms with Crippen molar-refractivity contribution in [1.29, 1.82) is 0 Å². The van der Waals surface area contributed by atoms with Crippen molar-refractivity contribution in [2.75, 3.05) is 13.2 Å². The molecule has 3 unspecified atom stereocenters. The summed E-state index contributed by atoms with van der Waals surface area (Å²) in [4.78, 5) is 4.41. The van der Waals surface area contributed by atoms with Gasteiger partial charge in [0.05, 0.1) is 12.1 Å². The number of pyridine rings is 1. The van der Waals surface area contributed by atoms with Crippen LogP contribution in [0.3, 0.4) is 0 Å². The molecule has 1 aliphatic rings. The van der Waals surface area contributed by atoms with Crippen LogP contribution in [0, 0.1) is 12.8 Å². The van der Waals surface area contributed by atoms with E-state index in [0.29, 0.717) is 5.92 Å². The Labute approximate surface area is 110 Å². The summed E-state index contributed by atoms with van der Waals surface area (Å²) in [5.74, 6) is 0.612. The van der Waals surface area contributed by atoms with Gasteiger partial charge in [0.2, 0.25) is 0 Å². The highest BCUT2D eigenvalue weighted by atomic mass is 16.5. The minimum absolute atomic E-state index is 0.274. The molecule has 1 aliphatic heterocycles. The second kappa shape index (κ2) is 6.30. The fraction of sp³-hybridized carbons (Fsp3) is 0.667. The van der Waals surface area contributed by atoms with Gasteiger partial charge in [0, 0.05) is 18.5 Å². The highest BCUT2D eigenvalue weighted by Gasteiger charge is 2.32. The Morgan fingerprint density at radius 2 is 2.33 bits per heavy atom. The van der Waals surface area contributed by atoms with Crippen LogP contribution >= 0.6 is 0 Å². The number of nitrogens with one attached hydrogen (secondary N) is 1. The van der Waals surface area contributed by atoms with Gasteiger partial charge >= 0.3 is 0 Å². The number of hydrogen-bond donors (Lipinski definition) is 1. The van der Waals surface area contributed by atoms with Gasteiger partial charge in [0.15, 0.2) is 0 Å². The van der Waals surface area contributed by atoms with E-state index in [9.17, 15) is 0 Å². The first-order chi connectivity index (χ1) is 8.72. The van der Waals surface area contributed by atoms with Crippen LogP contribution < -0.4 is 5.32 Å². The van der Waals surface area contributed by atoms with Crippen LogP contribution in [0.25, 0.3) is 0 Å². The van der Waals surface area contributed by atoms with E-state index in [0.717, 1.165) is 31.7 Å². The van der Waals surface area contributed by atoms with Crippen LogP contribution in [0.1, 0.15) is 44.0 Å². The van der Waals surface area contributed by atoms with Crippen LogP contribution in [0.5, 0.6) is 0 Å². The molecule has 0 radical (unpaired) electrons. The van der Waals surface area contributed by atoms with Crippen LogP contribution in [-0.2, 0) is 4.74 Å². The lowest BCUT2D eigenvalue weighted by molar-refractivity contribution is 0.0606. The summed E-state index contributed by atoms with van der Waals surface area (Å²) in [5.41, 5.74) is 2.31. The summed E-state index contributed by atoms with van der Waals surface area (Å²) in [5, 5.41) is 3.61. The van der Waals surface area contributed by atoms with Gasteiger partial charge in [-0.3, -0.25) is 4.98 Å². The molecule has 0 saturated carbocycles. The smallest absolute Gasteiger partial charge is 0.0796 e. The highest BCUT2D eigenvalue weighted by molar-refractivity contribution is 5.19. The maximum atomic E-state index is 5.92. The Morgan fingerprint density at radius 3 is 2.89 bits per heavy atom. The Bertz CT molecular complexity index is 363. The van der Waals surface area contributed by atoms with E-state index in [1.165, 1.54) is 5.56 Å². The predicted molar refractivity (Wildman–Crippen MR) is 73.5 cm³/mol. The predicted octanol–water partition coefficient (Wildman–Crippen LogP) is 2.86. The molecule has 2 rings (SSSR count). The molecule has 1 saturated heterocycles. The third-order valence-corrected chi connectivity index (χ3v) is 3.68. The summed E-state index contributed by atoms with van der Waals surface area (Å²) in [7, 11) is 0. The summed E-state index contributed by atoms with van der Waals surface area (Å²) in [6, 6.07) is 4.52. The first kappa shape index (κ1) is 13.5. The molecule has 2 heterocycles. The zero-order chi connectivity index (χ0) is 13.0. The van der Waals surface area contributed by atoms with Crippen LogP contribution in [0.4, 0.5) is 0 Å². The Balaban J connectivity index is 2.15. The lowest BCUT2D eigenvalue weighted by Gasteiger charge is -2.27. The van der Waals surface area contributed by atoms with Gasteiger partial charge in [0.25, 0.3) is 0 Å². The van der Waals surface area contributed by atoms with Crippen LogP contribution in [0.15, 0.2) is 18.3 Å². The van der Waals surface area contributed by atoms with Crippen molar-refractivity contribution in [3.05, 3.63) is 29.6 Å². The highest BCUT2D eigenvalue weighted by Crippen LogP contribution is 2.31. The Kier molecular flexibility index (Phi) is 4.72. The summed E-state index contributed by atoms with van der Waals surface area (Å²) in [6.07, 6.45) is 4.56. The number of nitrogens with zero attached hydrogens (tertiary/aromatic N) is 1. The maximum Gasteiger partial charge on any atom is 0.0796 e. The minimum Gasteiger partial charge on any atom is -0.376 e. The second-order valence-electron chi connectivity index (χ2n) is 5.27. The molecule has 3 nitrogen and oxygen atoms in total. The summed E-state index contributed by atoms with van der Waals surface area (Å²) >= 11 is 0. The van der Waals surface area contributed by atoms with Gasteiger partial charge in [0.1, 0.15) is 0 Å². The number of aryl methyl sites for hydroxylation is 1. The number of aromatic nitrogens is 1. The Hall–Kier alpha value is -0.930. The normalized spacial score (nSPS) is 25.3. The van der Waals surface area contributed by atoms with Crippen molar-refractivity contribution < 1.29 is 4.74 Å². The Morgan fingerprint density at radius 1 is 1.50 bits per heavy atom. The van der Waals surface area contributed by atoms with Crippen LogP contribution in [0.2, 0.25) is 0 Å². The van der Waals surface area contributed by atoms with Crippen molar-refractivity contribution in [2.45, 2.75) is 45.8 Å². The number of ether oxygens (including phenoxy) is 1. The molecule has 18 heavy (non-hydrogen) atoms. The zero-order valence-electron chi connectivity index (χ0n) is 11.6. The van der Waals surface area contributed by atoms with Gasteiger partial charge < -0.3 is 10.1 Å². The minimum atomic E-state index is 0.274. The summed E-state index contributed by atoms with van der Waals surface area (Å²) in [6.45, 7) is 8.39. The first-order valence-corrected chi connectivity index (χ1v) is 7.00. The van der Waals surface area contributed by atoms with E-state index >= 15 is 0 Å². The van der Waals surface area contributed by atoms with Gasteiger partial charge in [-0.2, -0.15) is 0 Å². The lowest BCUT2D eigenvalue weighted by atomic mass is 9.93. The maximum absolute atomic E-state index is 5.92.